The molecular weight excluding hydrogens is 580 g/mol. The number of ketones is 1. The summed E-state index contributed by atoms with van der Waals surface area (Å²) in [6, 6.07) is 18.6. The van der Waals surface area contributed by atoms with E-state index >= 15 is 0 Å². The fourth-order valence-corrected chi connectivity index (χ4v) is 6.23. The number of methoxy groups -OCH3 is 1. The van der Waals surface area contributed by atoms with Gasteiger partial charge in [-0.1, -0.05) is 49.4 Å². The molecule has 0 bridgehead atoms. The van der Waals surface area contributed by atoms with E-state index in [0.29, 0.717) is 58.2 Å². The number of aliphatic hydroxyl groups is 1. The second-order valence-corrected chi connectivity index (χ2v) is 11.8. The molecule has 2 aromatic heterocycles. The maximum atomic E-state index is 14.1. The standard InChI is InChI=1S/C34H32N2O7S/c1-5-41-22-11-12-23-28(18-22)44-34(35-23)36-30(21-10-13-25(26(17-21)40-4)42-15-14-19(2)3)29(32(38)33(36)39)31(37)27-16-20-8-6-7-9-24(20)43-27/h6-13,16-19,30,38H,5,14-15H2,1-4H3. The van der Waals surface area contributed by atoms with E-state index in [4.69, 9.17) is 23.6 Å². The predicted molar refractivity (Wildman–Crippen MR) is 169 cm³/mol. The fourth-order valence-electron chi connectivity index (χ4n) is 5.21. The van der Waals surface area contributed by atoms with E-state index in [-0.39, 0.29) is 11.3 Å². The average molecular weight is 613 g/mol. The molecule has 0 fully saturated rings. The number of fused-ring (bicyclic) bond motifs is 2. The topological polar surface area (TPSA) is 111 Å². The van der Waals surface area contributed by atoms with E-state index < -0.39 is 23.5 Å². The molecule has 1 atom stereocenters. The minimum absolute atomic E-state index is 0.0126. The molecule has 1 N–H and O–H groups in total. The van der Waals surface area contributed by atoms with Gasteiger partial charge in [-0.3, -0.25) is 14.5 Å². The van der Waals surface area contributed by atoms with E-state index in [1.165, 1.54) is 23.3 Å². The second-order valence-electron chi connectivity index (χ2n) is 10.8. The van der Waals surface area contributed by atoms with Gasteiger partial charge in [0.15, 0.2) is 28.1 Å². The molecule has 1 aliphatic rings. The molecule has 3 heterocycles. The number of rotatable bonds is 11. The number of aliphatic hydroxyl groups excluding tert-OH is 1. The van der Waals surface area contributed by atoms with Crippen LogP contribution in [0.5, 0.6) is 17.2 Å². The zero-order chi connectivity index (χ0) is 31.0. The molecule has 9 nitrogen and oxygen atoms in total. The molecule has 6 rings (SSSR count). The summed E-state index contributed by atoms with van der Waals surface area (Å²) in [7, 11) is 1.53. The number of hydrogen-bond acceptors (Lipinski definition) is 9. The van der Waals surface area contributed by atoms with Crippen LogP contribution in [0.15, 0.2) is 82.5 Å². The predicted octanol–water partition coefficient (Wildman–Crippen LogP) is 7.66. The van der Waals surface area contributed by atoms with Gasteiger partial charge in [0.2, 0.25) is 5.78 Å². The summed E-state index contributed by atoms with van der Waals surface area (Å²) in [5, 5.41) is 12.3. The molecule has 0 radical (unpaired) electrons. The van der Waals surface area contributed by atoms with Crippen molar-refractivity contribution in [3.63, 3.8) is 0 Å². The third-order valence-corrected chi connectivity index (χ3v) is 8.44. The van der Waals surface area contributed by atoms with Crippen LogP contribution in [-0.4, -0.2) is 42.1 Å². The number of thiazole rings is 1. The first-order valence-corrected chi connectivity index (χ1v) is 15.2. The minimum atomic E-state index is -1.02. The highest BCUT2D eigenvalue weighted by Crippen LogP contribution is 2.46. The highest BCUT2D eigenvalue weighted by atomic mass is 32.1. The maximum Gasteiger partial charge on any atom is 0.296 e. The van der Waals surface area contributed by atoms with Crippen LogP contribution in [0.25, 0.3) is 21.2 Å². The summed E-state index contributed by atoms with van der Waals surface area (Å²) >= 11 is 1.26. The molecular formula is C34H32N2O7S. The monoisotopic (exact) mass is 612 g/mol. The Kier molecular flexibility index (Phi) is 8.01. The van der Waals surface area contributed by atoms with Gasteiger partial charge in [0.05, 0.1) is 42.2 Å². The lowest BCUT2D eigenvalue weighted by atomic mass is 9.95. The van der Waals surface area contributed by atoms with Crippen molar-refractivity contribution < 1.29 is 33.3 Å². The summed E-state index contributed by atoms with van der Waals surface area (Å²) < 4.78 is 24.0. The number of carbonyl (C=O) groups is 2. The van der Waals surface area contributed by atoms with Crippen LogP contribution in [0.1, 0.15) is 49.4 Å². The number of furan rings is 1. The van der Waals surface area contributed by atoms with Gasteiger partial charge in [0.1, 0.15) is 11.3 Å². The fraction of sp³-hybridized carbons (Fsp3) is 0.265. The van der Waals surface area contributed by atoms with Crippen molar-refractivity contribution in [2.45, 2.75) is 33.2 Å². The zero-order valence-electron chi connectivity index (χ0n) is 24.8. The first-order valence-electron chi connectivity index (χ1n) is 14.4. The Hall–Kier alpha value is -4.83. The van der Waals surface area contributed by atoms with Gasteiger partial charge >= 0.3 is 0 Å². The largest absolute Gasteiger partial charge is 0.503 e. The van der Waals surface area contributed by atoms with Crippen molar-refractivity contribution in [2.75, 3.05) is 25.2 Å². The van der Waals surface area contributed by atoms with Crippen molar-refractivity contribution in [2.24, 2.45) is 5.92 Å². The summed E-state index contributed by atoms with van der Waals surface area (Å²) in [4.78, 5) is 33.9. The molecule has 1 aliphatic heterocycles. The quantitative estimate of drug-likeness (QED) is 0.151. The van der Waals surface area contributed by atoms with Gasteiger partial charge in [0.25, 0.3) is 5.91 Å². The third kappa shape index (κ3) is 5.37. The van der Waals surface area contributed by atoms with Crippen LogP contribution in [0, 0.1) is 5.92 Å². The molecule has 1 unspecified atom stereocenters. The summed E-state index contributed by atoms with van der Waals surface area (Å²) in [6.45, 7) is 7.16. The van der Waals surface area contributed by atoms with Crippen molar-refractivity contribution in [1.29, 1.82) is 0 Å². The number of anilines is 1. The molecule has 0 saturated carbocycles. The van der Waals surface area contributed by atoms with Crippen molar-refractivity contribution >= 4 is 49.3 Å². The summed E-state index contributed by atoms with van der Waals surface area (Å²) in [5.41, 5.74) is 1.60. The molecule has 5 aromatic rings. The first kappa shape index (κ1) is 29.3. The summed E-state index contributed by atoms with van der Waals surface area (Å²) in [6.07, 6.45) is 0.866. The molecule has 44 heavy (non-hydrogen) atoms. The number of Topliss-reactive ketones (excluding diaryl/α,β-unsaturated/α-hetero) is 1. The Morgan fingerprint density at radius 3 is 2.64 bits per heavy atom. The van der Waals surface area contributed by atoms with Crippen molar-refractivity contribution in [3.8, 4) is 17.2 Å². The normalized spacial score (nSPS) is 15.2. The van der Waals surface area contributed by atoms with Gasteiger partial charge in [0, 0.05) is 5.39 Å². The van der Waals surface area contributed by atoms with Gasteiger partial charge in [-0.2, -0.15) is 0 Å². The Morgan fingerprint density at radius 1 is 1.07 bits per heavy atom. The first-order chi connectivity index (χ1) is 21.3. The number of benzene rings is 3. The Bertz CT molecular complexity index is 1870. The van der Waals surface area contributed by atoms with Gasteiger partial charge in [-0.05, 0) is 67.3 Å². The number of ether oxygens (including phenoxy) is 3. The number of para-hydroxylation sites is 1. The zero-order valence-corrected chi connectivity index (χ0v) is 25.6. The Labute approximate surface area is 258 Å². The molecule has 0 spiro atoms. The lowest BCUT2D eigenvalue weighted by Crippen LogP contribution is -2.31. The van der Waals surface area contributed by atoms with E-state index in [1.807, 2.05) is 43.3 Å². The Morgan fingerprint density at radius 2 is 1.89 bits per heavy atom. The van der Waals surface area contributed by atoms with E-state index in [2.05, 4.69) is 13.8 Å². The Balaban J connectivity index is 1.46. The number of amides is 1. The number of aromatic nitrogens is 1. The second kappa shape index (κ2) is 12.0. The highest BCUT2D eigenvalue weighted by molar-refractivity contribution is 7.22. The number of nitrogens with zero attached hydrogens (tertiary/aromatic N) is 2. The SMILES string of the molecule is CCOc1ccc2nc(N3C(=O)C(O)=C(C(=O)c4cc5ccccc5o4)C3c3ccc(OCCC(C)C)c(OC)c3)sc2c1. The van der Waals surface area contributed by atoms with Gasteiger partial charge < -0.3 is 23.7 Å². The van der Waals surface area contributed by atoms with Crippen LogP contribution in [0.4, 0.5) is 5.13 Å². The van der Waals surface area contributed by atoms with Gasteiger partial charge in [-0.15, -0.1) is 0 Å². The maximum absolute atomic E-state index is 14.1. The molecule has 0 aliphatic carbocycles. The van der Waals surface area contributed by atoms with Crippen LogP contribution in [0.3, 0.4) is 0 Å². The lowest BCUT2D eigenvalue weighted by Gasteiger charge is -2.25. The van der Waals surface area contributed by atoms with Crippen LogP contribution < -0.4 is 19.1 Å². The number of carbonyl (C=O) groups excluding carboxylic acids is 2. The highest BCUT2D eigenvalue weighted by Gasteiger charge is 2.47. The number of hydrogen-bond donors (Lipinski definition) is 1. The van der Waals surface area contributed by atoms with Crippen molar-refractivity contribution in [1.82, 2.24) is 4.98 Å². The van der Waals surface area contributed by atoms with Crippen molar-refractivity contribution in [3.05, 3.63) is 89.4 Å². The smallest absolute Gasteiger partial charge is 0.296 e. The summed E-state index contributed by atoms with van der Waals surface area (Å²) in [5.74, 6) is 0.131. The molecule has 0 saturated heterocycles. The van der Waals surface area contributed by atoms with Crippen LogP contribution in [0.2, 0.25) is 0 Å². The average Bonchev–Trinajstić information content (AvgIpc) is 3.71. The lowest BCUT2D eigenvalue weighted by molar-refractivity contribution is -0.117. The van der Waals surface area contributed by atoms with Crippen LogP contribution in [-0.2, 0) is 4.79 Å². The van der Waals surface area contributed by atoms with E-state index in [0.717, 1.165) is 16.5 Å². The molecule has 226 valence electrons. The molecule has 1 amide bonds. The van der Waals surface area contributed by atoms with Crippen LogP contribution >= 0.6 is 11.3 Å². The van der Waals surface area contributed by atoms with E-state index in [1.54, 1.807) is 30.3 Å². The molecule has 10 heteroatoms. The molecule has 3 aromatic carbocycles. The third-order valence-electron chi connectivity index (χ3n) is 7.42. The van der Waals surface area contributed by atoms with Gasteiger partial charge in [-0.25, -0.2) is 4.98 Å². The minimum Gasteiger partial charge on any atom is -0.503 e. The van der Waals surface area contributed by atoms with E-state index in [9.17, 15) is 14.7 Å².